The predicted molar refractivity (Wildman–Crippen MR) is 140 cm³/mol. The van der Waals surface area contributed by atoms with Gasteiger partial charge >= 0.3 is 11.6 Å². The average Bonchev–Trinajstić information content (AvgIpc) is 2.65. The van der Waals surface area contributed by atoms with Crippen molar-refractivity contribution in [2.75, 3.05) is 13.9 Å². The summed E-state index contributed by atoms with van der Waals surface area (Å²) in [6, 6.07) is 0. The van der Waals surface area contributed by atoms with E-state index in [4.69, 9.17) is 0 Å². The predicted octanol–water partition coefficient (Wildman–Crippen LogP) is 8.14. The number of ketones is 2. The molecule has 32 heavy (non-hydrogen) atoms. The molecule has 0 saturated heterocycles. The molecule has 0 heterocycles. The molecule has 0 aliphatic rings. The molecule has 17 heteroatoms. The maximum Gasteiger partial charge on any atom is 0.379 e. The number of alkyl halides is 4. The van der Waals surface area contributed by atoms with E-state index in [-0.39, 0.29) is 20.4 Å². The van der Waals surface area contributed by atoms with Crippen molar-refractivity contribution in [1.29, 1.82) is 0 Å². The monoisotopic (exact) mass is 623 g/mol. The van der Waals surface area contributed by atoms with Crippen molar-refractivity contribution in [3.8, 4) is 0 Å². The van der Waals surface area contributed by atoms with Gasteiger partial charge in [0.1, 0.15) is 0 Å². The van der Waals surface area contributed by atoms with E-state index in [0.717, 1.165) is 0 Å². The summed E-state index contributed by atoms with van der Waals surface area (Å²) in [5, 5.41) is 0. The van der Waals surface area contributed by atoms with Crippen molar-refractivity contribution >= 4 is 81.0 Å². The van der Waals surface area contributed by atoms with Crippen LogP contribution in [0.15, 0.2) is 0 Å². The van der Waals surface area contributed by atoms with Crippen LogP contribution >= 0.6 is 11.6 Å². The fourth-order valence-electron chi connectivity index (χ4n) is 0.523. The van der Waals surface area contributed by atoms with Crippen molar-refractivity contribution in [1.82, 2.24) is 0 Å². The SMILES string of the molecule is C.CC(=O)C(C)=O.CC(F)(F)CF.CCCCCC.CF.FS(F)(F)F.S=S=S=S=S=S.[2HH]. The van der Waals surface area contributed by atoms with Gasteiger partial charge in [-0.1, -0.05) is 62.5 Å². The lowest BCUT2D eigenvalue weighted by Crippen LogP contribution is -2.10. The molecule has 204 valence electrons. The molecule has 0 N–H and O–H groups in total. The normalized spacial score (nSPS) is 9.06. The van der Waals surface area contributed by atoms with Crippen LogP contribution in [-0.4, -0.2) is 31.3 Å². The average molecular weight is 624 g/mol. The molecule has 0 saturated carbocycles. The number of hydrogen-bond donors (Lipinski definition) is 0. The Hall–Kier alpha value is 0.450. The summed E-state index contributed by atoms with van der Waals surface area (Å²) < 4.78 is 81.5. The van der Waals surface area contributed by atoms with Gasteiger partial charge in [-0.3, -0.25) is 14.0 Å². The fourth-order valence-corrected chi connectivity index (χ4v) is 6.01. The molecule has 0 fully saturated rings. The van der Waals surface area contributed by atoms with Crippen LogP contribution in [0.2, 0.25) is 0 Å². The van der Waals surface area contributed by atoms with E-state index < -0.39 is 24.2 Å². The van der Waals surface area contributed by atoms with Crippen molar-refractivity contribution in [3.63, 3.8) is 0 Å². The van der Waals surface area contributed by atoms with Crippen molar-refractivity contribution in [3.05, 3.63) is 0 Å². The maximum atomic E-state index is 11.1. The Balaban J connectivity index is -0.0000000382. The first-order valence-corrected chi connectivity index (χ1v) is 15.8. The highest BCUT2D eigenvalue weighted by Crippen LogP contribution is 2.54. The molecule has 0 aliphatic carbocycles. The Morgan fingerprint density at radius 3 is 1.12 bits per heavy atom. The standard InChI is InChI=1S/C6H14.C4H6O2.C3H5F3.CH3F.CH4.F4S.S6.H2/c1-3-5-6-4-2;1-3(5)4(2)6;1-3(5,6)2-4;1-2;;1-5(2,3)4;1-3-5-6-4-2;/h3-6H2,1-2H3;1-2H3;2H2,1H3;1H3;1H4;;;1H/i;;;;;;;1+1. The molecule has 0 aliphatic heterocycles. The van der Waals surface area contributed by atoms with Gasteiger partial charge in [0.05, 0.1) is 7.18 Å². The number of Topliss-reactive ketones (excluding diaryl/α,β-unsaturated/α-hetero) is 2. The number of carbonyl (C=O) groups excluding carboxylic acids is 2. The Morgan fingerprint density at radius 1 is 0.875 bits per heavy atom. The quantitative estimate of drug-likeness (QED) is 0.176. The maximum absolute atomic E-state index is 11.1. The van der Waals surface area contributed by atoms with Gasteiger partial charge in [0.2, 0.25) is 0 Å². The topological polar surface area (TPSA) is 34.1 Å². The summed E-state index contributed by atoms with van der Waals surface area (Å²) in [6.07, 6.45) is 5.54. The second kappa shape index (κ2) is 38.7. The van der Waals surface area contributed by atoms with Crippen LogP contribution in [0.5, 0.6) is 0 Å². The van der Waals surface area contributed by atoms with E-state index in [0.29, 0.717) is 14.1 Å². The van der Waals surface area contributed by atoms with Gasteiger partial charge in [-0.2, -0.15) is 0 Å². The number of carbonyl (C=O) groups is 2. The van der Waals surface area contributed by atoms with Crippen LogP contribution in [0.4, 0.5) is 33.1 Å². The Kier molecular flexibility index (Phi) is 59.9. The number of rotatable bonds is 5. The zero-order chi connectivity index (χ0) is 26.5. The largest absolute Gasteiger partial charge is 0.379 e. The van der Waals surface area contributed by atoms with Crippen LogP contribution < -0.4 is 0 Å². The molecule has 0 aromatic rings. The summed E-state index contributed by atoms with van der Waals surface area (Å²) in [4.78, 5) is 19.6. The van der Waals surface area contributed by atoms with Crippen LogP contribution in [0.25, 0.3) is 0 Å². The molecule has 0 amide bonds. The first-order valence-electron chi connectivity index (χ1n) is 7.90. The second-order valence-electron chi connectivity index (χ2n) is 4.65. The molecule has 0 atom stereocenters. The zero-order valence-corrected chi connectivity index (χ0v) is 23.4. The summed E-state index contributed by atoms with van der Waals surface area (Å²) in [5.41, 5.74) is 0. The van der Waals surface area contributed by atoms with Crippen molar-refractivity contribution < 1.29 is 44.1 Å². The smallest absolute Gasteiger partial charge is 0.291 e. The zero-order valence-electron chi connectivity index (χ0n) is 17.7. The molecule has 0 aromatic heterocycles. The van der Waals surface area contributed by atoms with Crippen molar-refractivity contribution in [2.24, 2.45) is 0 Å². The molecular weight excluding hydrogens is 589 g/mol. The molecule has 0 spiro atoms. The molecule has 0 radical (unpaired) electrons. The highest BCUT2D eigenvalue weighted by molar-refractivity contribution is 8.64. The van der Waals surface area contributed by atoms with Crippen molar-refractivity contribution in [2.45, 2.75) is 73.7 Å². The lowest BCUT2D eigenvalue weighted by Gasteiger charge is -1.99. The third-order valence-electron chi connectivity index (χ3n) is 1.77. The first-order chi connectivity index (χ1) is 14.0. The highest BCUT2D eigenvalue weighted by Gasteiger charge is 2.19. The minimum absolute atomic E-state index is 0. The van der Waals surface area contributed by atoms with Gasteiger partial charge in [-0.15, -0.1) is 0 Å². The third-order valence-corrected chi connectivity index (χ3v) is 8.44. The lowest BCUT2D eigenvalue weighted by atomic mass is 10.2. The van der Waals surface area contributed by atoms with E-state index in [1.54, 1.807) is 0 Å². The molecular formula is C15H34F8O2S7. The van der Waals surface area contributed by atoms with E-state index >= 15 is 0 Å². The van der Waals surface area contributed by atoms with Crippen LogP contribution in [0.3, 0.4) is 0 Å². The summed E-state index contributed by atoms with van der Waals surface area (Å²) in [5.74, 6) is -3.88. The first kappa shape index (κ1) is 49.6. The van der Waals surface area contributed by atoms with E-state index in [1.807, 2.05) is 0 Å². The Labute approximate surface area is 211 Å². The molecule has 2 nitrogen and oxygen atoms in total. The number of unbranched alkanes of at least 4 members (excludes halogenated alkanes) is 3. The number of hydrogen-bond acceptors (Lipinski definition) is 4. The summed E-state index contributed by atoms with van der Waals surface area (Å²) >= 11 is 2.87. The minimum Gasteiger partial charge on any atom is -0.291 e. The van der Waals surface area contributed by atoms with E-state index in [1.165, 1.54) is 75.1 Å². The van der Waals surface area contributed by atoms with Gasteiger partial charge < -0.3 is 0 Å². The van der Waals surface area contributed by atoms with Gasteiger partial charge in [-0.05, 0) is 0 Å². The molecule has 0 bridgehead atoms. The second-order valence-corrected chi connectivity index (χ2v) is 12.4. The Bertz CT molecular complexity index is 526. The van der Waals surface area contributed by atoms with Crippen LogP contribution in [0, 0.1) is 0 Å². The summed E-state index contributed by atoms with van der Waals surface area (Å²) in [7, 11) is 6.13. The van der Waals surface area contributed by atoms with E-state index in [2.05, 4.69) is 36.2 Å². The minimum atomic E-state index is -6.17. The van der Waals surface area contributed by atoms with Crippen LogP contribution in [-0.2, 0) is 67.5 Å². The van der Waals surface area contributed by atoms with Crippen LogP contribution in [0.1, 0.15) is 69.2 Å². The fraction of sp³-hybridized carbons (Fsp3) is 0.867. The van der Waals surface area contributed by atoms with Gasteiger partial charge in [0.15, 0.2) is 18.2 Å². The third kappa shape index (κ3) is 146. The van der Waals surface area contributed by atoms with Gasteiger partial charge in [0.25, 0.3) is 5.92 Å². The molecule has 0 unspecified atom stereocenters. The molecule has 0 aromatic carbocycles. The molecule has 0 rings (SSSR count). The highest BCUT2D eigenvalue weighted by atomic mass is 33.3. The van der Waals surface area contributed by atoms with Gasteiger partial charge in [0, 0.05) is 80.1 Å². The van der Waals surface area contributed by atoms with Gasteiger partial charge in [-0.25, -0.2) is 13.2 Å². The number of halogens is 8. The Morgan fingerprint density at radius 2 is 1.06 bits per heavy atom. The van der Waals surface area contributed by atoms with E-state index in [9.17, 15) is 42.7 Å². The summed E-state index contributed by atoms with van der Waals surface area (Å²) in [6.45, 7) is 5.94. The lowest BCUT2D eigenvalue weighted by molar-refractivity contribution is -0.134.